The molecule has 0 saturated heterocycles. The van der Waals surface area contributed by atoms with Gasteiger partial charge in [0.05, 0.1) is 12.2 Å². The molecule has 0 saturated carbocycles. The van der Waals surface area contributed by atoms with Crippen molar-refractivity contribution in [2.24, 2.45) is 0 Å². The van der Waals surface area contributed by atoms with Crippen molar-refractivity contribution in [1.29, 1.82) is 0 Å². The highest BCUT2D eigenvalue weighted by atomic mass is 32.1. The molecule has 7 heteroatoms. The standard InChI is InChI=1S/C22H18N4O2S/c27-22(25-13-21-26-19(15-29-21)17-6-9-23-10-7-17)18-8-11-24-20(12-18)28-14-16-4-2-1-3-5-16/h1-12,15H,13-14H2,(H,25,27). The van der Waals surface area contributed by atoms with Gasteiger partial charge in [0.1, 0.15) is 11.6 Å². The smallest absolute Gasteiger partial charge is 0.251 e. The van der Waals surface area contributed by atoms with E-state index in [1.165, 1.54) is 11.3 Å². The summed E-state index contributed by atoms with van der Waals surface area (Å²) in [7, 11) is 0. The summed E-state index contributed by atoms with van der Waals surface area (Å²) in [6.07, 6.45) is 5.04. The number of nitrogens with one attached hydrogen (secondary N) is 1. The Morgan fingerprint density at radius 2 is 1.86 bits per heavy atom. The first-order valence-electron chi connectivity index (χ1n) is 9.04. The van der Waals surface area contributed by atoms with Gasteiger partial charge in [-0.1, -0.05) is 30.3 Å². The molecule has 3 heterocycles. The Kier molecular flexibility index (Phi) is 5.87. The van der Waals surface area contributed by atoms with Gasteiger partial charge in [-0.15, -0.1) is 11.3 Å². The van der Waals surface area contributed by atoms with Gasteiger partial charge in [0.25, 0.3) is 5.91 Å². The van der Waals surface area contributed by atoms with Crippen LogP contribution in [0.3, 0.4) is 0 Å². The number of ether oxygens (including phenoxy) is 1. The molecule has 0 aliphatic rings. The summed E-state index contributed by atoms with van der Waals surface area (Å²) < 4.78 is 5.69. The Hall–Kier alpha value is -3.58. The lowest BCUT2D eigenvalue weighted by molar-refractivity contribution is 0.0950. The van der Waals surface area contributed by atoms with Crippen LogP contribution in [0.4, 0.5) is 0 Å². The summed E-state index contributed by atoms with van der Waals surface area (Å²) in [5.41, 5.74) is 3.41. The fraction of sp³-hybridized carbons (Fsp3) is 0.0909. The zero-order valence-electron chi connectivity index (χ0n) is 15.5. The van der Waals surface area contributed by atoms with Gasteiger partial charge < -0.3 is 10.1 Å². The lowest BCUT2D eigenvalue weighted by Gasteiger charge is -2.07. The maximum absolute atomic E-state index is 12.5. The predicted molar refractivity (Wildman–Crippen MR) is 112 cm³/mol. The number of rotatable bonds is 7. The van der Waals surface area contributed by atoms with Crippen molar-refractivity contribution in [2.75, 3.05) is 0 Å². The number of amides is 1. The van der Waals surface area contributed by atoms with E-state index in [4.69, 9.17) is 4.74 Å². The van der Waals surface area contributed by atoms with Crippen LogP contribution in [0.1, 0.15) is 20.9 Å². The first-order chi connectivity index (χ1) is 14.3. The topological polar surface area (TPSA) is 77.0 Å². The Bertz CT molecular complexity index is 1080. The number of thiazole rings is 1. The number of benzene rings is 1. The second-order valence-corrected chi connectivity index (χ2v) is 7.14. The molecule has 4 rings (SSSR count). The number of carbonyl (C=O) groups excluding carboxylic acids is 1. The van der Waals surface area contributed by atoms with Crippen molar-refractivity contribution in [2.45, 2.75) is 13.2 Å². The third kappa shape index (κ3) is 5.03. The molecule has 29 heavy (non-hydrogen) atoms. The number of hydrogen-bond acceptors (Lipinski definition) is 6. The van der Waals surface area contributed by atoms with E-state index in [1.54, 1.807) is 30.7 Å². The maximum Gasteiger partial charge on any atom is 0.251 e. The summed E-state index contributed by atoms with van der Waals surface area (Å²) in [5.74, 6) is 0.216. The van der Waals surface area contributed by atoms with Gasteiger partial charge in [0.2, 0.25) is 5.88 Å². The van der Waals surface area contributed by atoms with Crippen LogP contribution >= 0.6 is 11.3 Å². The molecule has 1 amide bonds. The maximum atomic E-state index is 12.5. The van der Waals surface area contributed by atoms with Gasteiger partial charge in [-0.3, -0.25) is 9.78 Å². The molecule has 6 nitrogen and oxygen atoms in total. The zero-order valence-corrected chi connectivity index (χ0v) is 16.3. The fourth-order valence-electron chi connectivity index (χ4n) is 2.67. The number of carbonyl (C=O) groups is 1. The Balaban J connectivity index is 1.35. The molecule has 0 atom stereocenters. The zero-order chi connectivity index (χ0) is 19.9. The van der Waals surface area contributed by atoms with Crippen molar-refractivity contribution in [3.63, 3.8) is 0 Å². The Labute approximate surface area is 172 Å². The quantitative estimate of drug-likeness (QED) is 0.503. The Morgan fingerprint density at radius 1 is 1.03 bits per heavy atom. The summed E-state index contributed by atoms with van der Waals surface area (Å²) >= 11 is 1.51. The molecule has 3 aromatic heterocycles. The van der Waals surface area contributed by atoms with Crippen LogP contribution in [0, 0.1) is 0 Å². The van der Waals surface area contributed by atoms with Crippen LogP contribution < -0.4 is 10.1 Å². The molecule has 0 bridgehead atoms. The van der Waals surface area contributed by atoms with Crippen LogP contribution in [0.5, 0.6) is 5.88 Å². The molecule has 0 spiro atoms. The van der Waals surface area contributed by atoms with E-state index in [1.807, 2.05) is 47.8 Å². The van der Waals surface area contributed by atoms with Gasteiger partial charge in [0.15, 0.2) is 0 Å². The van der Waals surface area contributed by atoms with Crippen molar-refractivity contribution in [1.82, 2.24) is 20.3 Å². The van der Waals surface area contributed by atoms with Crippen LogP contribution in [0.15, 0.2) is 78.6 Å². The summed E-state index contributed by atoms with van der Waals surface area (Å²) in [4.78, 5) is 25.2. The molecule has 0 aliphatic heterocycles. The van der Waals surface area contributed by atoms with Gasteiger partial charge >= 0.3 is 0 Å². The molecule has 0 unspecified atom stereocenters. The second-order valence-electron chi connectivity index (χ2n) is 6.20. The van der Waals surface area contributed by atoms with E-state index >= 15 is 0 Å². The highest BCUT2D eigenvalue weighted by Crippen LogP contribution is 2.21. The number of nitrogens with zero attached hydrogens (tertiary/aromatic N) is 3. The minimum Gasteiger partial charge on any atom is -0.473 e. The van der Waals surface area contributed by atoms with Gasteiger partial charge in [-0.25, -0.2) is 9.97 Å². The molecular formula is C22H18N4O2S. The van der Waals surface area contributed by atoms with Gasteiger partial charge in [-0.2, -0.15) is 0 Å². The first kappa shape index (κ1) is 18.8. The van der Waals surface area contributed by atoms with E-state index in [2.05, 4.69) is 20.3 Å². The van der Waals surface area contributed by atoms with E-state index < -0.39 is 0 Å². The minimum atomic E-state index is -0.197. The molecule has 0 radical (unpaired) electrons. The third-order valence-electron chi connectivity index (χ3n) is 4.15. The monoisotopic (exact) mass is 402 g/mol. The van der Waals surface area contributed by atoms with Crippen molar-refractivity contribution >= 4 is 17.2 Å². The van der Waals surface area contributed by atoms with Gasteiger partial charge in [-0.05, 0) is 23.8 Å². The number of pyridine rings is 2. The number of aromatic nitrogens is 3. The van der Waals surface area contributed by atoms with Crippen LogP contribution in [0.2, 0.25) is 0 Å². The lowest BCUT2D eigenvalue weighted by atomic mass is 10.2. The van der Waals surface area contributed by atoms with Crippen molar-refractivity contribution in [3.8, 4) is 17.1 Å². The number of hydrogen-bond donors (Lipinski definition) is 1. The largest absolute Gasteiger partial charge is 0.473 e. The summed E-state index contributed by atoms with van der Waals surface area (Å²) in [5, 5.41) is 5.70. The van der Waals surface area contributed by atoms with E-state index in [0.717, 1.165) is 21.8 Å². The van der Waals surface area contributed by atoms with E-state index in [9.17, 15) is 4.79 Å². The van der Waals surface area contributed by atoms with E-state index in [0.29, 0.717) is 24.6 Å². The Morgan fingerprint density at radius 3 is 2.69 bits per heavy atom. The highest BCUT2D eigenvalue weighted by Gasteiger charge is 2.10. The minimum absolute atomic E-state index is 0.197. The van der Waals surface area contributed by atoms with Crippen molar-refractivity contribution in [3.05, 3.63) is 94.7 Å². The molecule has 1 aromatic carbocycles. The summed E-state index contributed by atoms with van der Waals surface area (Å²) in [6.45, 7) is 0.757. The lowest BCUT2D eigenvalue weighted by Crippen LogP contribution is -2.22. The molecule has 0 fully saturated rings. The molecule has 4 aromatic rings. The van der Waals surface area contributed by atoms with Crippen LogP contribution in [-0.4, -0.2) is 20.9 Å². The van der Waals surface area contributed by atoms with Crippen molar-refractivity contribution < 1.29 is 9.53 Å². The normalized spacial score (nSPS) is 10.5. The van der Waals surface area contributed by atoms with Crippen LogP contribution in [-0.2, 0) is 13.2 Å². The van der Waals surface area contributed by atoms with Gasteiger partial charge in [0, 0.05) is 41.2 Å². The third-order valence-corrected chi connectivity index (χ3v) is 5.00. The van der Waals surface area contributed by atoms with E-state index in [-0.39, 0.29) is 5.91 Å². The molecule has 1 N–H and O–H groups in total. The predicted octanol–water partition coefficient (Wildman–Crippen LogP) is 4.11. The molecular weight excluding hydrogens is 384 g/mol. The summed E-state index contributed by atoms with van der Waals surface area (Å²) in [6, 6.07) is 16.9. The second kappa shape index (κ2) is 9.07. The highest BCUT2D eigenvalue weighted by molar-refractivity contribution is 7.09. The average molecular weight is 402 g/mol. The SMILES string of the molecule is O=C(NCc1nc(-c2ccncc2)cs1)c1ccnc(OCc2ccccc2)c1. The molecule has 144 valence electrons. The first-order valence-corrected chi connectivity index (χ1v) is 9.92. The molecule has 0 aliphatic carbocycles. The fourth-order valence-corrected chi connectivity index (χ4v) is 3.41. The average Bonchev–Trinajstić information content (AvgIpc) is 3.27. The van der Waals surface area contributed by atoms with Crippen LogP contribution in [0.25, 0.3) is 11.3 Å².